The monoisotopic (exact) mass is 1350 g/mol. The van der Waals surface area contributed by atoms with Crippen LogP contribution in [0.25, 0.3) is 0 Å². The summed E-state index contributed by atoms with van der Waals surface area (Å²) in [5.74, 6) is 0.855. The lowest BCUT2D eigenvalue weighted by atomic mass is 9.99. The number of hydrogen-bond acceptors (Lipinski definition) is 15. The van der Waals surface area contributed by atoms with Crippen molar-refractivity contribution >= 4 is 39.5 Å². The Balaban J connectivity index is 5.10. The van der Waals surface area contributed by atoms with Crippen molar-refractivity contribution in [3.05, 3.63) is 0 Å². The minimum Gasteiger partial charge on any atom is -0.462 e. The molecule has 0 aromatic heterocycles. The van der Waals surface area contributed by atoms with E-state index in [9.17, 15) is 43.2 Å². The van der Waals surface area contributed by atoms with E-state index in [0.717, 1.165) is 108 Å². The number of aliphatic hydroxyl groups is 1. The molecule has 546 valence electrons. The first-order valence-corrected chi connectivity index (χ1v) is 40.8. The van der Waals surface area contributed by atoms with Gasteiger partial charge in [0.1, 0.15) is 19.3 Å². The molecule has 7 atom stereocenters. The molecule has 0 fully saturated rings. The summed E-state index contributed by atoms with van der Waals surface area (Å²) in [7, 11) is -9.90. The highest BCUT2D eigenvalue weighted by Crippen LogP contribution is 2.45. The van der Waals surface area contributed by atoms with Gasteiger partial charge in [0.15, 0.2) is 12.2 Å². The second-order valence-corrected chi connectivity index (χ2v) is 30.7. The lowest BCUT2D eigenvalue weighted by Gasteiger charge is -2.21. The van der Waals surface area contributed by atoms with E-state index >= 15 is 0 Å². The molecule has 92 heavy (non-hydrogen) atoms. The molecule has 0 heterocycles. The molecule has 0 aliphatic rings. The van der Waals surface area contributed by atoms with Crippen LogP contribution in [0.5, 0.6) is 0 Å². The summed E-state index contributed by atoms with van der Waals surface area (Å²) in [6.07, 6.45) is 46.3. The quantitative estimate of drug-likeness (QED) is 0.0222. The van der Waals surface area contributed by atoms with Crippen molar-refractivity contribution in [1.29, 1.82) is 0 Å². The molecule has 3 N–H and O–H groups in total. The van der Waals surface area contributed by atoms with Gasteiger partial charge in [-0.25, -0.2) is 9.13 Å². The molecule has 0 aromatic carbocycles. The molecule has 0 amide bonds. The third-order valence-electron chi connectivity index (χ3n) is 17.5. The molecular weight excluding hydrogens is 1210 g/mol. The van der Waals surface area contributed by atoms with Crippen LogP contribution < -0.4 is 0 Å². The van der Waals surface area contributed by atoms with Gasteiger partial charge in [-0.15, -0.1) is 0 Å². The van der Waals surface area contributed by atoms with Crippen LogP contribution in [0, 0.1) is 23.7 Å². The van der Waals surface area contributed by atoms with Crippen LogP contribution in [0.1, 0.15) is 364 Å². The predicted octanol–water partition coefficient (Wildman–Crippen LogP) is 20.9. The summed E-state index contributed by atoms with van der Waals surface area (Å²) >= 11 is 0. The second kappa shape index (κ2) is 62.6. The number of rotatable bonds is 70. The highest BCUT2D eigenvalue weighted by molar-refractivity contribution is 7.47. The smallest absolute Gasteiger partial charge is 0.462 e. The summed E-state index contributed by atoms with van der Waals surface area (Å²) in [5, 5.41) is 10.6. The number of phosphoric acid groups is 2. The Kier molecular flexibility index (Phi) is 61.3. The molecule has 0 aromatic rings. The molecule has 0 radical (unpaired) electrons. The van der Waals surface area contributed by atoms with E-state index in [1.54, 1.807) is 0 Å². The van der Waals surface area contributed by atoms with Crippen LogP contribution in [-0.2, 0) is 65.4 Å². The molecule has 0 aliphatic heterocycles. The molecule has 0 bridgehead atoms. The predicted molar refractivity (Wildman–Crippen MR) is 372 cm³/mol. The Hall–Kier alpha value is -1.94. The topological polar surface area (TPSA) is 237 Å². The van der Waals surface area contributed by atoms with E-state index in [1.165, 1.54) is 167 Å². The summed E-state index contributed by atoms with van der Waals surface area (Å²) in [4.78, 5) is 72.5. The van der Waals surface area contributed by atoms with E-state index in [4.69, 9.17) is 37.0 Å². The first kappa shape index (κ1) is 90.1. The summed E-state index contributed by atoms with van der Waals surface area (Å²) in [6, 6.07) is 0. The molecule has 0 saturated carbocycles. The van der Waals surface area contributed by atoms with Gasteiger partial charge >= 0.3 is 39.5 Å². The number of unbranched alkanes of at least 4 members (excludes halogenated alkanes) is 34. The van der Waals surface area contributed by atoms with Crippen molar-refractivity contribution in [2.75, 3.05) is 39.6 Å². The average molecular weight is 1350 g/mol. The maximum atomic E-state index is 13.0. The van der Waals surface area contributed by atoms with Crippen LogP contribution in [0.4, 0.5) is 0 Å². The van der Waals surface area contributed by atoms with Gasteiger partial charge in [0.2, 0.25) is 0 Å². The fraction of sp³-hybridized carbons (Fsp3) is 0.945. The van der Waals surface area contributed by atoms with Gasteiger partial charge in [-0.3, -0.25) is 37.3 Å². The molecule has 0 aliphatic carbocycles. The molecule has 17 nitrogen and oxygen atoms in total. The van der Waals surface area contributed by atoms with E-state index < -0.39 is 97.5 Å². The number of phosphoric ester groups is 2. The van der Waals surface area contributed by atoms with E-state index in [-0.39, 0.29) is 25.7 Å². The highest BCUT2D eigenvalue weighted by atomic mass is 31.2. The zero-order valence-corrected chi connectivity index (χ0v) is 62.0. The fourth-order valence-electron chi connectivity index (χ4n) is 11.0. The molecule has 19 heteroatoms. The van der Waals surface area contributed by atoms with Gasteiger partial charge in [-0.05, 0) is 49.4 Å². The number of esters is 4. The molecule has 0 saturated heterocycles. The van der Waals surface area contributed by atoms with Gasteiger partial charge in [0.25, 0.3) is 0 Å². The van der Waals surface area contributed by atoms with Crippen molar-refractivity contribution in [2.24, 2.45) is 23.7 Å². The number of carbonyl (C=O) groups excluding carboxylic acids is 4. The van der Waals surface area contributed by atoms with Crippen molar-refractivity contribution in [1.82, 2.24) is 0 Å². The van der Waals surface area contributed by atoms with Gasteiger partial charge in [-0.2, -0.15) is 0 Å². The van der Waals surface area contributed by atoms with Crippen molar-refractivity contribution in [2.45, 2.75) is 382 Å². The van der Waals surface area contributed by atoms with Crippen LogP contribution >= 0.6 is 15.6 Å². The minimum atomic E-state index is -4.95. The molecule has 0 spiro atoms. The van der Waals surface area contributed by atoms with Gasteiger partial charge in [0.05, 0.1) is 26.4 Å². The van der Waals surface area contributed by atoms with Crippen LogP contribution in [0.15, 0.2) is 0 Å². The van der Waals surface area contributed by atoms with Crippen LogP contribution in [0.2, 0.25) is 0 Å². The Morgan fingerprint density at radius 1 is 0.304 bits per heavy atom. The number of ether oxygens (including phenoxy) is 4. The van der Waals surface area contributed by atoms with Crippen LogP contribution in [-0.4, -0.2) is 96.7 Å². The largest absolute Gasteiger partial charge is 0.472 e. The first-order valence-electron chi connectivity index (χ1n) is 37.8. The Morgan fingerprint density at radius 3 is 0.772 bits per heavy atom. The SMILES string of the molecule is CCC(C)CCCCCCCCCCCCCCCCCCCCC(=O)OC[C@H](COP(=O)(O)OCC(O)COP(=O)(O)OC[C@@H](COC(=O)CCCCCCCCCCC(C)C)OC(=O)CCCCCCCCC(C)C)OC(=O)CCCCCCCCC(C)CC. The minimum absolute atomic E-state index is 0.101. The van der Waals surface area contributed by atoms with Crippen LogP contribution in [0.3, 0.4) is 0 Å². The van der Waals surface area contributed by atoms with E-state index in [1.807, 2.05) is 0 Å². The summed E-state index contributed by atoms with van der Waals surface area (Å²) < 4.78 is 68.2. The van der Waals surface area contributed by atoms with Crippen molar-refractivity contribution in [3.63, 3.8) is 0 Å². The number of aliphatic hydroxyl groups excluding tert-OH is 1. The number of carbonyl (C=O) groups is 4. The fourth-order valence-corrected chi connectivity index (χ4v) is 12.5. The standard InChI is InChI=1S/C73H142O17P2/c1-9-65(7)51-43-35-26-21-19-17-15-13-11-12-14-16-18-20-22-27-37-45-53-70(75)83-60-69(90-73(78)56-48-40-32-30-36-44-52-66(8)10-2)62-88-92(81,82)86-58-67(74)57-85-91(79,80)87-61-68(89-72(77)55-47-39-31-29-34-42-50-64(5)6)59-84-71(76)54-46-38-28-24-23-25-33-41-49-63(3)4/h63-69,74H,9-62H2,1-8H3,(H,79,80)(H,81,82)/t65?,66?,67?,68-,69-/m1/s1. The second-order valence-electron chi connectivity index (χ2n) is 27.8. The Morgan fingerprint density at radius 2 is 0.522 bits per heavy atom. The Labute approximate surface area is 562 Å². The zero-order valence-electron chi connectivity index (χ0n) is 60.2. The molecular formula is C73H142O17P2. The van der Waals surface area contributed by atoms with Crippen molar-refractivity contribution in [3.8, 4) is 0 Å². The molecule has 0 rings (SSSR count). The van der Waals surface area contributed by atoms with E-state index in [0.29, 0.717) is 31.6 Å². The average Bonchev–Trinajstić information content (AvgIpc) is 3.73. The summed E-state index contributed by atoms with van der Waals surface area (Å²) in [5.41, 5.74) is 0. The Bertz CT molecular complexity index is 1820. The lowest BCUT2D eigenvalue weighted by Crippen LogP contribution is -2.30. The third-order valence-corrected chi connectivity index (χ3v) is 19.4. The van der Waals surface area contributed by atoms with Crippen molar-refractivity contribution < 1.29 is 80.2 Å². The lowest BCUT2D eigenvalue weighted by molar-refractivity contribution is -0.161. The maximum Gasteiger partial charge on any atom is 0.472 e. The highest BCUT2D eigenvalue weighted by Gasteiger charge is 2.30. The third kappa shape index (κ3) is 64.1. The first-order chi connectivity index (χ1) is 44.2. The van der Waals surface area contributed by atoms with Gasteiger partial charge in [-0.1, -0.05) is 312 Å². The summed E-state index contributed by atoms with van der Waals surface area (Å²) in [6.45, 7) is 14.1. The zero-order chi connectivity index (χ0) is 68.2. The maximum absolute atomic E-state index is 13.0. The van der Waals surface area contributed by atoms with Gasteiger partial charge in [0, 0.05) is 25.7 Å². The molecule has 5 unspecified atom stereocenters. The van der Waals surface area contributed by atoms with E-state index in [2.05, 4.69) is 55.4 Å². The van der Waals surface area contributed by atoms with Gasteiger partial charge < -0.3 is 33.8 Å². The number of hydrogen-bond donors (Lipinski definition) is 3. The normalized spacial score (nSPS) is 14.8.